The zero-order valence-corrected chi connectivity index (χ0v) is 18.1. The molecule has 0 bridgehead atoms. The highest BCUT2D eigenvalue weighted by molar-refractivity contribution is 5.93. The molecule has 0 spiro atoms. The van der Waals surface area contributed by atoms with Gasteiger partial charge in [-0.15, -0.1) is 0 Å². The van der Waals surface area contributed by atoms with E-state index >= 15 is 0 Å². The number of rotatable bonds is 3. The maximum atomic E-state index is 12.2. The first-order valence-electron chi connectivity index (χ1n) is 10.4. The molecule has 5 heteroatoms. The molecule has 0 radical (unpaired) electrons. The Morgan fingerprint density at radius 1 is 1.03 bits per heavy atom. The van der Waals surface area contributed by atoms with Gasteiger partial charge in [0, 0.05) is 37.7 Å². The van der Waals surface area contributed by atoms with Gasteiger partial charge >= 0.3 is 0 Å². The van der Waals surface area contributed by atoms with Crippen LogP contribution in [0.25, 0.3) is 11.3 Å². The Bertz CT molecular complexity index is 1040. The summed E-state index contributed by atoms with van der Waals surface area (Å²) in [6.07, 6.45) is 1.05. The molecule has 0 saturated heterocycles. The molecular weight excluding hydrogens is 372 g/mol. The fourth-order valence-corrected chi connectivity index (χ4v) is 4.13. The molecule has 2 aromatic carbocycles. The Balaban J connectivity index is 1.70. The molecule has 5 nitrogen and oxygen atoms in total. The van der Waals surface area contributed by atoms with Crippen molar-refractivity contribution < 1.29 is 4.79 Å². The lowest BCUT2D eigenvalue weighted by molar-refractivity contribution is 0.0827. The van der Waals surface area contributed by atoms with E-state index in [0.717, 1.165) is 42.0 Å². The summed E-state index contributed by atoms with van der Waals surface area (Å²) >= 11 is 0. The number of fused-ring (bicyclic) bond motifs is 1. The van der Waals surface area contributed by atoms with E-state index < -0.39 is 0 Å². The van der Waals surface area contributed by atoms with Gasteiger partial charge in [-0.2, -0.15) is 10.2 Å². The fraction of sp³-hybridized carbons (Fsp3) is 0.320. The van der Waals surface area contributed by atoms with E-state index in [2.05, 4.69) is 52.5 Å². The van der Waals surface area contributed by atoms with Crippen molar-refractivity contribution in [2.24, 2.45) is 0 Å². The minimum atomic E-state index is 0.0337. The van der Waals surface area contributed by atoms with Crippen LogP contribution in [0.15, 0.2) is 54.6 Å². The van der Waals surface area contributed by atoms with Crippen LogP contribution in [0.5, 0.6) is 0 Å². The van der Waals surface area contributed by atoms with Gasteiger partial charge in [0.2, 0.25) is 0 Å². The normalized spacial score (nSPS) is 16.6. The molecular formula is C25H28N4O. The van der Waals surface area contributed by atoms with E-state index in [4.69, 9.17) is 0 Å². The second-order valence-electron chi connectivity index (χ2n) is 8.37. The van der Waals surface area contributed by atoms with Crippen molar-refractivity contribution >= 4 is 5.91 Å². The average molecular weight is 401 g/mol. The number of nitrogens with zero attached hydrogens (tertiary/aromatic N) is 4. The summed E-state index contributed by atoms with van der Waals surface area (Å²) in [7, 11) is 5.73. The number of carbonyl (C=O) groups is 1. The van der Waals surface area contributed by atoms with E-state index in [1.807, 2.05) is 31.2 Å². The number of benzene rings is 2. The van der Waals surface area contributed by atoms with E-state index in [-0.39, 0.29) is 5.91 Å². The summed E-state index contributed by atoms with van der Waals surface area (Å²) in [5.41, 5.74) is 7.58. The molecule has 1 aliphatic heterocycles. The highest BCUT2D eigenvalue weighted by Gasteiger charge is 2.23. The minimum absolute atomic E-state index is 0.0337. The van der Waals surface area contributed by atoms with Crippen molar-refractivity contribution in [3.05, 3.63) is 82.5 Å². The van der Waals surface area contributed by atoms with Gasteiger partial charge in [0.25, 0.3) is 5.91 Å². The first-order valence-corrected chi connectivity index (χ1v) is 10.4. The topological polar surface area (TPSA) is 49.3 Å². The second kappa shape index (κ2) is 8.36. The predicted molar refractivity (Wildman–Crippen MR) is 119 cm³/mol. The van der Waals surface area contributed by atoms with Crippen LogP contribution in [-0.4, -0.2) is 53.6 Å². The molecule has 30 heavy (non-hydrogen) atoms. The third-order valence-corrected chi connectivity index (χ3v) is 5.82. The molecule has 1 aliphatic rings. The van der Waals surface area contributed by atoms with Crippen molar-refractivity contribution in [1.29, 1.82) is 0 Å². The zero-order chi connectivity index (χ0) is 21.3. The molecule has 1 unspecified atom stereocenters. The van der Waals surface area contributed by atoms with Gasteiger partial charge in [0.1, 0.15) is 0 Å². The molecule has 154 valence electrons. The van der Waals surface area contributed by atoms with Gasteiger partial charge in [-0.1, -0.05) is 24.3 Å². The molecule has 1 amide bonds. The molecule has 2 heterocycles. The lowest BCUT2D eigenvalue weighted by Gasteiger charge is -2.19. The van der Waals surface area contributed by atoms with Gasteiger partial charge < -0.3 is 9.80 Å². The van der Waals surface area contributed by atoms with Gasteiger partial charge in [-0.3, -0.25) is 4.79 Å². The van der Waals surface area contributed by atoms with E-state index in [0.29, 0.717) is 5.92 Å². The lowest BCUT2D eigenvalue weighted by Crippen LogP contribution is -2.21. The Morgan fingerprint density at radius 2 is 1.80 bits per heavy atom. The fourth-order valence-electron chi connectivity index (χ4n) is 4.13. The highest BCUT2D eigenvalue weighted by atomic mass is 16.2. The number of amides is 1. The largest absolute Gasteiger partial charge is 0.345 e. The van der Waals surface area contributed by atoms with Crippen LogP contribution < -0.4 is 0 Å². The molecule has 1 atom stereocenters. The van der Waals surface area contributed by atoms with Crippen LogP contribution in [0.4, 0.5) is 0 Å². The SMILES string of the molecule is Cc1ccc(-c2ccc3c(c2)CN(C)CCC3c2ccc(C(=O)N(C)C)cc2)nn1. The maximum Gasteiger partial charge on any atom is 0.253 e. The average Bonchev–Trinajstić information content (AvgIpc) is 2.91. The molecule has 0 aliphatic carbocycles. The third-order valence-electron chi connectivity index (χ3n) is 5.82. The molecule has 1 aromatic heterocycles. The summed E-state index contributed by atoms with van der Waals surface area (Å²) in [6, 6.07) is 18.8. The van der Waals surface area contributed by atoms with Crippen molar-refractivity contribution in [3.63, 3.8) is 0 Å². The molecule has 3 aromatic rings. The lowest BCUT2D eigenvalue weighted by atomic mass is 9.85. The summed E-state index contributed by atoms with van der Waals surface area (Å²) in [6.45, 7) is 3.89. The van der Waals surface area contributed by atoms with Crippen LogP contribution in [0.3, 0.4) is 0 Å². The van der Waals surface area contributed by atoms with Crippen molar-refractivity contribution in [1.82, 2.24) is 20.0 Å². The van der Waals surface area contributed by atoms with Gasteiger partial charge in [-0.25, -0.2) is 0 Å². The van der Waals surface area contributed by atoms with Gasteiger partial charge in [0.15, 0.2) is 0 Å². The summed E-state index contributed by atoms with van der Waals surface area (Å²) in [4.78, 5) is 16.2. The smallest absolute Gasteiger partial charge is 0.253 e. The molecule has 0 saturated carbocycles. The number of aryl methyl sites for hydroxylation is 1. The van der Waals surface area contributed by atoms with Crippen LogP contribution in [0, 0.1) is 6.92 Å². The van der Waals surface area contributed by atoms with Crippen molar-refractivity contribution in [2.45, 2.75) is 25.8 Å². The molecule has 4 rings (SSSR count). The minimum Gasteiger partial charge on any atom is -0.345 e. The third kappa shape index (κ3) is 4.12. The van der Waals surface area contributed by atoms with Crippen molar-refractivity contribution in [3.8, 4) is 11.3 Å². The first kappa shape index (κ1) is 20.2. The zero-order valence-electron chi connectivity index (χ0n) is 18.1. The highest BCUT2D eigenvalue weighted by Crippen LogP contribution is 2.35. The second-order valence-corrected chi connectivity index (χ2v) is 8.37. The number of aromatic nitrogens is 2. The monoisotopic (exact) mass is 400 g/mol. The van der Waals surface area contributed by atoms with E-state index in [1.54, 1.807) is 19.0 Å². The Kier molecular flexibility index (Phi) is 5.64. The summed E-state index contributed by atoms with van der Waals surface area (Å²) in [5, 5.41) is 8.56. The van der Waals surface area contributed by atoms with Gasteiger partial charge in [-0.05, 0) is 74.0 Å². The van der Waals surface area contributed by atoms with E-state index in [1.165, 1.54) is 16.7 Å². The Hall–Kier alpha value is -3.05. The Labute approximate surface area is 178 Å². The number of hydrogen-bond acceptors (Lipinski definition) is 4. The Morgan fingerprint density at radius 3 is 2.47 bits per heavy atom. The summed E-state index contributed by atoms with van der Waals surface area (Å²) in [5.74, 6) is 0.345. The predicted octanol–water partition coefficient (Wildman–Crippen LogP) is 4.12. The van der Waals surface area contributed by atoms with Gasteiger partial charge in [0.05, 0.1) is 11.4 Å². The van der Waals surface area contributed by atoms with Crippen LogP contribution in [0.2, 0.25) is 0 Å². The quantitative estimate of drug-likeness (QED) is 0.664. The number of hydrogen-bond donors (Lipinski definition) is 0. The van der Waals surface area contributed by atoms with Crippen molar-refractivity contribution in [2.75, 3.05) is 27.7 Å². The van der Waals surface area contributed by atoms with Crippen LogP contribution >= 0.6 is 0 Å². The first-order chi connectivity index (χ1) is 14.4. The summed E-state index contributed by atoms with van der Waals surface area (Å²) < 4.78 is 0. The van der Waals surface area contributed by atoms with E-state index in [9.17, 15) is 4.79 Å². The molecule has 0 N–H and O–H groups in total. The number of carbonyl (C=O) groups excluding carboxylic acids is 1. The maximum absolute atomic E-state index is 12.2. The molecule has 0 fully saturated rings. The van der Waals surface area contributed by atoms with Crippen LogP contribution in [-0.2, 0) is 6.54 Å². The van der Waals surface area contributed by atoms with Crippen LogP contribution in [0.1, 0.15) is 45.1 Å². The standard InChI is InChI=1S/C25H28N4O/c1-17-5-12-24(27-26-17)20-10-11-22-21(15-20)16-29(4)14-13-23(22)18-6-8-19(9-7-18)25(30)28(2)3/h5-12,15,23H,13-14,16H2,1-4H3.